The summed E-state index contributed by atoms with van der Waals surface area (Å²) in [7, 11) is 0. The molecular weight excluding hydrogens is 695 g/mol. The van der Waals surface area contributed by atoms with Crippen LogP contribution in [0.3, 0.4) is 0 Å². The number of nitrogens with zero attached hydrogens (tertiary/aromatic N) is 3. The number of rotatable bonds is 5. The van der Waals surface area contributed by atoms with Crippen molar-refractivity contribution in [3.05, 3.63) is 47.3 Å². The first-order valence-corrected chi connectivity index (χ1v) is 14.6. The van der Waals surface area contributed by atoms with Crippen LogP contribution in [0.25, 0.3) is 11.1 Å². The molecule has 42 heavy (non-hydrogen) atoms. The molecule has 0 aromatic heterocycles. The molecule has 6 nitrogen and oxygen atoms in total. The number of alkyl halides is 5. The number of carbonyl (C=O) groups is 1. The molecule has 4 aliphatic rings. The third kappa shape index (κ3) is 5.93. The number of quaternary nitrogens is 1. The van der Waals surface area contributed by atoms with Crippen LogP contribution in [0.5, 0.6) is 0 Å². The van der Waals surface area contributed by atoms with Gasteiger partial charge in [-0.05, 0) is 36.6 Å². The van der Waals surface area contributed by atoms with Gasteiger partial charge in [0.2, 0.25) is 0 Å². The number of urea groups is 1. The summed E-state index contributed by atoms with van der Waals surface area (Å²) in [6.07, 6.45) is -6.57. The van der Waals surface area contributed by atoms with Crippen LogP contribution < -0.4 is 34.2 Å². The van der Waals surface area contributed by atoms with Crippen molar-refractivity contribution in [3.8, 4) is 11.1 Å². The van der Waals surface area contributed by atoms with E-state index in [1.165, 1.54) is 23.9 Å². The number of halogens is 7. The maximum Gasteiger partial charge on any atom is 0.448 e. The summed E-state index contributed by atoms with van der Waals surface area (Å²) in [5.41, 5.74) is 0.0613. The van der Waals surface area contributed by atoms with Gasteiger partial charge in [-0.2, -0.15) is 13.2 Å². The fourth-order valence-electron chi connectivity index (χ4n) is 6.48. The van der Waals surface area contributed by atoms with E-state index >= 15 is 0 Å². The van der Waals surface area contributed by atoms with Crippen LogP contribution >= 0.6 is 11.8 Å². The zero-order valence-corrected chi connectivity index (χ0v) is 25.6. The second-order valence-corrected chi connectivity index (χ2v) is 12.2. The minimum Gasteiger partial charge on any atom is -1.00 e. The van der Waals surface area contributed by atoms with Gasteiger partial charge in [0.05, 0.1) is 28.3 Å². The van der Waals surface area contributed by atoms with Crippen LogP contribution in [0.4, 0.5) is 36.8 Å². The first-order chi connectivity index (χ1) is 19.5. The third-order valence-corrected chi connectivity index (χ3v) is 9.59. The number of piperazine rings is 1. The van der Waals surface area contributed by atoms with E-state index in [9.17, 15) is 31.1 Å². The number of amidine groups is 1. The lowest BCUT2D eigenvalue weighted by atomic mass is 9.89. The van der Waals surface area contributed by atoms with Gasteiger partial charge in [-0.1, -0.05) is 12.1 Å². The molecule has 2 fully saturated rings. The van der Waals surface area contributed by atoms with E-state index in [1.807, 2.05) is 11.8 Å². The van der Waals surface area contributed by atoms with Gasteiger partial charge in [-0.3, -0.25) is 4.90 Å². The molecule has 2 N–H and O–H groups in total. The monoisotopic (exact) mass is 725 g/mol. The molecule has 0 spiro atoms. The van der Waals surface area contributed by atoms with Crippen molar-refractivity contribution in [3.63, 3.8) is 0 Å². The number of hydrogen-bond acceptors (Lipinski definition) is 5. The number of carbonyl (C=O) groups excluding carboxylic acids is 1. The lowest BCUT2D eigenvalue weighted by Gasteiger charge is -2.44. The van der Waals surface area contributed by atoms with Crippen LogP contribution in [0.2, 0.25) is 0 Å². The van der Waals surface area contributed by atoms with Crippen LogP contribution in [0.15, 0.2) is 40.2 Å². The van der Waals surface area contributed by atoms with Crippen molar-refractivity contribution in [1.82, 2.24) is 15.1 Å². The number of nitrogens with one attached hydrogen (secondary N) is 2. The molecule has 6 rings (SSSR count). The Hall–Kier alpha value is -1.88. The molecule has 2 aromatic carbocycles. The van der Waals surface area contributed by atoms with Crippen molar-refractivity contribution in [1.29, 1.82) is 0 Å². The Morgan fingerprint density at radius 2 is 1.90 bits per heavy atom. The Morgan fingerprint density at radius 1 is 1.19 bits per heavy atom. The molecule has 0 bridgehead atoms. The zero-order valence-electron chi connectivity index (χ0n) is 22.7. The highest BCUT2D eigenvalue weighted by Crippen LogP contribution is 2.49. The molecule has 1 unspecified atom stereocenters. The highest BCUT2D eigenvalue weighted by atomic mass is 127. The normalized spacial score (nSPS) is 24.7. The molecule has 0 saturated carbocycles. The summed E-state index contributed by atoms with van der Waals surface area (Å²) in [5.74, 6) is 0.151. The van der Waals surface area contributed by atoms with Crippen LogP contribution in [-0.2, 0) is 6.18 Å². The molecule has 3 atom stereocenters. The van der Waals surface area contributed by atoms with E-state index in [0.29, 0.717) is 60.4 Å². The molecular formula is C28H30F6IN5OS. The molecule has 2 saturated heterocycles. The number of amides is 2. The van der Waals surface area contributed by atoms with Gasteiger partial charge in [0, 0.05) is 50.7 Å². The summed E-state index contributed by atoms with van der Waals surface area (Å²) in [5, 5.41) is 3.26. The van der Waals surface area contributed by atoms with Crippen LogP contribution in [0, 0.1) is 11.7 Å². The molecule has 0 radical (unpaired) electrons. The summed E-state index contributed by atoms with van der Waals surface area (Å²) in [6, 6.07) is 5.20. The topological polar surface area (TPSA) is 52.4 Å². The Balaban J connectivity index is 0.00000353. The van der Waals surface area contributed by atoms with Gasteiger partial charge in [0.1, 0.15) is 11.9 Å². The SMILES string of the molecule is C[C@H]1CNCCN1C1=NC(=O)[NH+]2c3c1cc(C(F)(F)F)c(-c1ccc(F)cc1)c3SC[C@@H]2CC1CN(CC(F)F)C1.[I-]. The van der Waals surface area contributed by atoms with Gasteiger partial charge in [0.15, 0.2) is 11.5 Å². The fourth-order valence-corrected chi connectivity index (χ4v) is 7.88. The maximum atomic E-state index is 14.7. The second-order valence-electron chi connectivity index (χ2n) is 11.2. The minimum absolute atomic E-state index is 0. The number of thioether (sulfide) groups is 1. The Kier molecular flexibility index (Phi) is 9.20. The van der Waals surface area contributed by atoms with E-state index in [0.717, 1.165) is 18.2 Å². The number of aliphatic imine (C=N–C) groups is 1. The number of hydrogen-bond donors (Lipinski definition) is 2. The summed E-state index contributed by atoms with van der Waals surface area (Å²) in [6.45, 7) is 4.31. The molecule has 4 aliphatic heterocycles. The van der Waals surface area contributed by atoms with Gasteiger partial charge in [0.25, 0.3) is 6.43 Å². The van der Waals surface area contributed by atoms with E-state index in [2.05, 4.69) is 10.3 Å². The summed E-state index contributed by atoms with van der Waals surface area (Å²) in [4.78, 5) is 22.5. The predicted octanol–water partition coefficient (Wildman–Crippen LogP) is 1.27. The molecule has 2 amide bonds. The molecule has 14 heteroatoms. The first kappa shape index (κ1) is 31.5. The minimum atomic E-state index is -4.71. The second kappa shape index (κ2) is 12.3. The first-order valence-electron chi connectivity index (χ1n) is 13.7. The van der Waals surface area contributed by atoms with Gasteiger partial charge in [-0.25, -0.2) is 22.9 Å². The van der Waals surface area contributed by atoms with Crippen molar-refractivity contribution >= 4 is 29.3 Å². The standard InChI is InChI=1S/C28H29F6N5OS.HI/c1-15-10-35-6-7-38(15)26-20-9-21(28(32,33)34)23(17-2-4-18(29)5-3-17)25-24(20)39(27(40)36-26)19(14-41-25)8-16-11-37(12-16)13-22(30)31;/h2-5,9,15-16,19,22,35H,6-8,10-14H2,1H3;1H/t15-,19-;/m0./s1. The molecule has 0 aliphatic carbocycles. The van der Waals surface area contributed by atoms with Crippen LogP contribution in [0.1, 0.15) is 24.5 Å². The Labute approximate surface area is 260 Å². The van der Waals surface area contributed by atoms with Crippen molar-refractivity contribution in [2.45, 2.75) is 42.9 Å². The predicted molar refractivity (Wildman–Crippen MR) is 143 cm³/mol. The van der Waals surface area contributed by atoms with Crippen molar-refractivity contribution in [2.75, 3.05) is 45.0 Å². The average molecular weight is 726 g/mol. The quantitative estimate of drug-likeness (QED) is 0.360. The summed E-state index contributed by atoms with van der Waals surface area (Å²) >= 11 is 1.27. The Bertz CT molecular complexity index is 1370. The van der Waals surface area contributed by atoms with Crippen molar-refractivity contribution in [2.24, 2.45) is 10.9 Å². The Morgan fingerprint density at radius 3 is 2.55 bits per heavy atom. The van der Waals surface area contributed by atoms with E-state index in [-0.39, 0.29) is 71.0 Å². The highest BCUT2D eigenvalue weighted by Gasteiger charge is 2.50. The molecule has 4 heterocycles. The molecule has 2 aromatic rings. The maximum absolute atomic E-state index is 14.7. The van der Waals surface area contributed by atoms with Gasteiger partial charge in [-0.15, -0.1) is 16.8 Å². The average Bonchev–Trinajstić information content (AvgIpc) is 2.89. The molecule has 228 valence electrons. The summed E-state index contributed by atoms with van der Waals surface area (Å²) < 4.78 is 83.4. The number of likely N-dealkylation sites (tertiary alicyclic amines) is 1. The number of benzene rings is 2. The third-order valence-electron chi connectivity index (χ3n) is 8.33. The highest BCUT2D eigenvalue weighted by molar-refractivity contribution is 7.99. The van der Waals surface area contributed by atoms with Gasteiger partial charge < -0.3 is 34.2 Å². The van der Waals surface area contributed by atoms with E-state index in [1.54, 1.807) is 4.90 Å². The smallest absolute Gasteiger partial charge is 0.448 e. The lowest BCUT2D eigenvalue weighted by molar-refractivity contribution is -0.774. The van der Waals surface area contributed by atoms with Gasteiger partial charge >= 0.3 is 12.2 Å². The van der Waals surface area contributed by atoms with Crippen molar-refractivity contribution < 1.29 is 60.0 Å². The lowest BCUT2D eigenvalue weighted by Crippen LogP contribution is -3.15. The van der Waals surface area contributed by atoms with Crippen LogP contribution in [-0.4, -0.2) is 85.2 Å². The zero-order chi connectivity index (χ0) is 29.1. The largest absolute Gasteiger partial charge is 1.00 e. The fraction of sp³-hybridized carbons (Fsp3) is 0.500. The van der Waals surface area contributed by atoms with E-state index in [4.69, 9.17) is 0 Å². The van der Waals surface area contributed by atoms with E-state index < -0.39 is 30.0 Å².